The second-order valence-corrected chi connectivity index (χ2v) is 6.86. The van der Waals surface area contributed by atoms with Crippen molar-refractivity contribution in [1.29, 1.82) is 0 Å². The van der Waals surface area contributed by atoms with Crippen molar-refractivity contribution >= 4 is 22.7 Å². The number of fused-ring (bicyclic) bond motifs is 1. The largest absolute Gasteiger partial charge is 0.427 e. The molecule has 4 aromatic rings. The van der Waals surface area contributed by atoms with Crippen LogP contribution in [0.25, 0.3) is 10.9 Å². The highest BCUT2D eigenvalue weighted by Crippen LogP contribution is 2.17. The van der Waals surface area contributed by atoms with Crippen molar-refractivity contribution in [1.82, 2.24) is 9.97 Å². The van der Waals surface area contributed by atoms with Gasteiger partial charge in [0, 0.05) is 17.5 Å². The molecule has 0 radical (unpaired) electrons. The van der Waals surface area contributed by atoms with Crippen LogP contribution < -0.4 is 10.3 Å². The number of aromatic nitrogens is 2. The van der Waals surface area contributed by atoms with Gasteiger partial charge in [0.05, 0.1) is 17.3 Å². The molecule has 7 heteroatoms. The molecule has 6 nitrogen and oxygen atoms in total. The zero-order valence-electron chi connectivity index (χ0n) is 16.3. The smallest absolute Gasteiger partial charge is 0.311 e. The molecule has 0 atom stereocenters. The number of rotatable bonds is 6. The molecule has 0 saturated carbocycles. The second-order valence-electron chi connectivity index (χ2n) is 6.86. The molecule has 154 valence electrons. The molecule has 0 saturated heterocycles. The first-order valence-corrected chi connectivity index (χ1v) is 9.58. The average Bonchev–Trinajstić information content (AvgIpc) is 2.78. The molecular formula is C24H17FN2O4. The monoisotopic (exact) mass is 416 g/mol. The summed E-state index contributed by atoms with van der Waals surface area (Å²) in [5, 5.41) is 0.490. The Kier molecular flexibility index (Phi) is 5.66. The number of H-pyrrole nitrogens is 1. The molecule has 0 spiro atoms. The van der Waals surface area contributed by atoms with E-state index >= 15 is 0 Å². The Hall–Kier alpha value is -4.13. The number of ether oxygens (including phenoxy) is 1. The summed E-state index contributed by atoms with van der Waals surface area (Å²) in [6.45, 7) is 0. The molecule has 31 heavy (non-hydrogen) atoms. The predicted octanol–water partition coefficient (Wildman–Crippen LogP) is 3.83. The van der Waals surface area contributed by atoms with Gasteiger partial charge in [0.2, 0.25) is 0 Å². The third-order valence-electron chi connectivity index (χ3n) is 4.68. The zero-order valence-corrected chi connectivity index (χ0v) is 16.3. The number of benzene rings is 3. The first-order valence-electron chi connectivity index (χ1n) is 9.58. The molecule has 1 aromatic heterocycles. The van der Waals surface area contributed by atoms with Crippen molar-refractivity contribution in [3.63, 3.8) is 0 Å². The van der Waals surface area contributed by atoms with E-state index in [0.717, 1.165) is 0 Å². The first-order chi connectivity index (χ1) is 15.0. The summed E-state index contributed by atoms with van der Waals surface area (Å²) < 4.78 is 18.3. The fourth-order valence-electron chi connectivity index (χ4n) is 3.10. The van der Waals surface area contributed by atoms with Crippen LogP contribution in [0, 0.1) is 5.82 Å². The van der Waals surface area contributed by atoms with Gasteiger partial charge in [0.15, 0.2) is 5.78 Å². The van der Waals surface area contributed by atoms with E-state index in [9.17, 15) is 18.8 Å². The molecular weight excluding hydrogens is 399 g/mol. The standard InChI is InChI=1S/C24H17FN2O4/c25-17-9-5-15(6-10-17)23(29)16-7-11-18(12-8-16)31-22(28)14-13-21-26-20-4-2-1-3-19(20)24(30)27-21/h1-12H,13-14H2,(H,26,27,30). The molecule has 0 amide bonds. The summed E-state index contributed by atoms with van der Waals surface area (Å²) in [4.78, 5) is 43.7. The highest BCUT2D eigenvalue weighted by atomic mass is 19.1. The number of hydrogen-bond donors (Lipinski definition) is 1. The summed E-state index contributed by atoms with van der Waals surface area (Å²) in [5.74, 6) is -0.471. The zero-order chi connectivity index (χ0) is 21.8. The summed E-state index contributed by atoms with van der Waals surface area (Å²) in [7, 11) is 0. The molecule has 0 fully saturated rings. The second kappa shape index (κ2) is 8.71. The number of aryl methyl sites for hydroxylation is 1. The number of ketones is 1. The van der Waals surface area contributed by atoms with E-state index in [2.05, 4.69) is 9.97 Å². The van der Waals surface area contributed by atoms with Gasteiger partial charge in [0.25, 0.3) is 5.56 Å². The van der Waals surface area contributed by atoms with Crippen LogP contribution in [-0.4, -0.2) is 21.7 Å². The fraction of sp³-hybridized carbons (Fsp3) is 0.0833. The van der Waals surface area contributed by atoms with E-state index < -0.39 is 11.8 Å². The molecule has 3 aromatic carbocycles. The quantitative estimate of drug-likeness (QED) is 0.293. The van der Waals surface area contributed by atoms with Crippen molar-refractivity contribution in [2.24, 2.45) is 0 Å². The molecule has 1 heterocycles. The lowest BCUT2D eigenvalue weighted by Crippen LogP contribution is -2.15. The normalized spacial score (nSPS) is 10.7. The number of esters is 1. The lowest BCUT2D eigenvalue weighted by molar-refractivity contribution is -0.134. The Morgan fingerprint density at radius 1 is 0.903 bits per heavy atom. The summed E-state index contributed by atoms with van der Waals surface area (Å²) in [6, 6.07) is 18.4. The Labute approximate surface area is 176 Å². The maximum atomic E-state index is 13.0. The Morgan fingerprint density at radius 3 is 2.26 bits per heavy atom. The third-order valence-corrected chi connectivity index (χ3v) is 4.68. The van der Waals surface area contributed by atoms with Crippen LogP contribution >= 0.6 is 0 Å². The van der Waals surface area contributed by atoms with Gasteiger partial charge in [-0.3, -0.25) is 14.4 Å². The summed E-state index contributed by atoms with van der Waals surface area (Å²) >= 11 is 0. The Balaban J connectivity index is 1.37. The molecule has 4 rings (SSSR count). The predicted molar refractivity (Wildman–Crippen MR) is 113 cm³/mol. The van der Waals surface area contributed by atoms with E-state index in [1.807, 2.05) is 0 Å². The van der Waals surface area contributed by atoms with Crippen LogP contribution in [0.5, 0.6) is 5.75 Å². The molecule has 0 aliphatic rings. The van der Waals surface area contributed by atoms with Crippen LogP contribution in [0.4, 0.5) is 4.39 Å². The van der Waals surface area contributed by atoms with Crippen LogP contribution in [0.15, 0.2) is 77.6 Å². The minimum absolute atomic E-state index is 0.0253. The minimum Gasteiger partial charge on any atom is -0.427 e. The number of nitrogens with one attached hydrogen (secondary N) is 1. The minimum atomic E-state index is -0.492. The molecule has 0 unspecified atom stereocenters. The van der Waals surface area contributed by atoms with E-state index in [0.29, 0.717) is 33.6 Å². The van der Waals surface area contributed by atoms with Gasteiger partial charge in [-0.15, -0.1) is 0 Å². The molecule has 0 aliphatic carbocycles. The number of carbonyl (C=O) groups is 2. The third kappa shape index (κ3) is 4.72. The lowest BCUT2D eigenvalue weighted by Gasteiger charge is -2.06. The van der Waals surface area contributed by atoms with Crippen molar-refractivity contribution in [2.45, 2.75) is 12.8 Å². The maximum absolute atomic E-state index is 13.0. The number of halogens is 1. The molecule has 0 bridgehead atoms. The van der Waals surface area contributed by atoms with Gasteiger partial charge in [-0.1, -0.05) is 12.1 Å². The number of carbonyl (C=O) groups excluding carboxylic acids is 2. The maximum Gasteiger partial charge on any atom is 0.311 e. The van der Waals surface area contributed by atoms with Crippen LogP contribution in [0.1, 0.15) is 28.2 Å². The van der Waals surface area contributed by atoms with Gasteiger partial charge in [-0.05, 0) is 60.7 Å². The van der Waals surface area contributed by atoms with E-state index in [1.54, 1.807) is 24.3 Å². The lowest BCUT2D eigenvalue weighted by atomic mass is 10.0. The molecule has 1 N–H and O–H groups in total. The van der Waals surface area contributed by atoms with Crippen LogP contribution in [-0.2, 0) is 11.2 Å². The Morgan fingerprint density at radius 2 is 1.55 bits per heavy atom. The van der Waals surface area contributed by atoms with Crippen molar-refractivity contribution < 1.29 is 18.7 Å². The van der Waals surface area contributed by atoms with Gasteiger partial charge >= 0.3 is 5.97 Å². The van der Waals surface area contributed by atoms with Crippen LogP contribution in [0.2, 0.25) is 0 Å². The van der Waals surface area contributed by atoms with E-state index in [1.165, 1.54) is 48.5 Å². The molecule has 0 aliphatic heterocycles. The average molecular weight is 416 g/mol. The van der Waals surface area contributed by atoms with Gasteiger partial charge in [-0.25, -0.2) is 9.37 Å². The van der Waals surface area contributed by atoms with Crippen molar-refractivity contribution in [3.05, 3.63) is 106 Å². The van der Waals surface area contributed by atoms with Gasteiger partial charge in [0.1, 0.15) is 17.4 Å². The summed E-state index contributed by atoms with van der Waals surface area (Å²) in [5.41, 5.74) is 1.07. The highest BCUT2D eigenvalue weighted by Gasteiger charge is 2.12. The van der Waals surface area contributed by atoms with Gasteiger partial charge in [-0.2, -0.15) is 0 Å². The number of para-hydroxylation sites is 1. The first kappa shape index (κ1) is 20.2. The highest BCUT2D eigenvalue weighted by molar-refractivity contribution is 6.09. The van der Waals surface area contributed by atoms with Crippen LogP contribution in [0.3, 0.4) is 0 Å². The SMILES string of the molecule is O=C(CCc1nc2ccccc2c(=O)[nH]1)Oc1ccc(C(=O)c2ccc(F)cc2)cc1. The Bertz CT molecular complexity index is 1310. The number of hydrogen-bond acceptors (Lipinski definition) is 5. The van der Waals surface area contributed by atoms with E-state index in [4.69, 9.17) is 4.74 Å². The number of nitrogens with zero attached hydrogens (tertiary/aromatic N) is 1. The van der Waals surface area contributed by atoms with Crippen molar-refractivity contribution in [3.8, 4) is 5.75 Å². The van der Waals surface area contributed by atoms with Gasteiger partial charge < -0.3 is 9.72 Å². The fourth-order valence-corrected chi connectivity index (χ4v) is 3.10. The summed E-state index contributed by atoms with van der Waals surface area (Å²) in [6.07, 6.45) is 0.248. The number of aromatic amines is 1. The topological polar surface area (TPSA) is 89.1 Å². The van der Waals surface area contributed by atoms with Crippen molar-refractivity contribution in [2.75, 3.05) is 0 Å². The van der Waals surface area contributed by atoms with E-state index in [-0.39, 0.29) is 24.2 Å².